The van der Waals surface area contributed by atoms with Crippen LogP contribution in [0, 0.1) is 5.82 Å². The third-order valence-corrected chi connectivity index (χ3v) is 3.20. The molecule has 5 N–H and O–H groups in total. The maximum absolute atomic E-state index is 13.6. The average Bonchev–Trinajstić information content (AvgIpc) is 2.49. The monoisotopic (exact) mass is 356 g/mol. The lowest BCUT2D eigenvalue weighted by Crippen LogP contribution is -2.40. The number of halogens is 2. The van der Waals surface area contributed by atoms with E-state index in [1.165, 1.54) is 12.1 Å². The van der Waals surface area contributed by atoms with Gasteiger partial charge in [-0.05, 0) is 25.1 Å². The van der Waals surface area contributed by atoms with Gasteiger partial charge in [-0.15, -0.1) is 0 Å². The standard InChI is InChI=1S/C14H14ClFN4O4/c1-6(5-24-9-3-2-7(15)4-8(9)16)18-13(22)11-10(17)12(21)20-14(23)19-11/h2-4,6H,5,17H2,1H3,(H,18,22)(H2,19,20,21,23)/t6-/m1/s1. The van der Waals surface area contributed by atoms with Gasteiger partial charge in [0.1, 0.15) is 18.0 Å². The molecule has 1 amide bonds. The van der Waals surface area contributed by atoms with Crippen molar-refractivity contribution in [2.24, 2.45) is 0 Å². The van der Waals surface area contributed by atoms with Crippen molar-refractivity contribution in [2.75, 3.05) is 12.3 Å². The summed E-state index contributed by atoms with van der Waals surface area (Å²) < 4.78 is 18.8. The number of ether oxygens (including phenoxy) is 1. The van der Waals surface area contributed by atoms with E-state index >= 15 is 0 Å². The number of nitrogens with two attached hydrogens (primary N) is 1. The van der Waals surface area contributed by atoms with Gasteiger partial charge in [0.25, 0.3) is 11.5 Å². The van der Waals surface area contributed by atoms with Crippen LogP contribution in [-0.2, 0) is 0 Å². The van der Waals surface area contributed by atoms with Crippen LogP contribution >= 0.6 is 11.6 Å². The molecule has 1 atom stereocenters. The average molecular weight is 357 g/mol. The van der Waals surface area contributed by atoms with E-state index in [0.29, 0.717) is 0 Å². The summed E-state index contributed by atoms with van der Waals surface area (Å²) in [4.78, 5) is 38.7. The number of H-pyrrole nitrogens is 2. The van der Waals surface area contributed by atoms with Crippen molar-refractivity contribution in [1.29, 1.82) is 0 Å². The molecule has 10 heteroatoms. The first-order valence-electron chi connectivity index (χ1n) is 6.78. The van der Waals surface area contributed by atoms with Gasteiger partial charge in [0, 0.05) is 5.02 Å². The van der Waals surface area contributed by atoms with Crippen LogP contribution in [0.25, 0.3) is 0 Å². The molecule has 8 nitrogen and oxygen atoms in total. The molecular weight excluding hydrogens is 343 g/mol. The van der Waals surface area contributed by atoms with Gasteiger partial charge in [0.15, 0.2) is 11.6 Å². The predicted molar refractivity (Wildman–Crippen MR) is 85.9 cm³/mol. The van der Waals surface area contributed by atoms with E-state index in [2.05, 4.69) is 10.3 Å². The maximum atomic E-state index is 13.6. The van der Waals surface area contributed by atoms with Crippen molar-refractivity contribution >= 4 is 23.2 Å². The van der Waals surface area contributed by atoms with E-state index in [9.17, 15) is 18.8 Å². The third-order valence-electron chi connectivity index (χ3n) is 2.97. The number of carbonyl (C=O) groups excluding carboxylic acids is 1. The van der Waals surface area contributed by atoms with Crippen LogP contribution in [0.4, 0.5) is 10.1 Å². The minimum atomic E-state index is -0.865. The number of amides is 1. The smallest absolute Gasteiger partial charge is 0.326 e. The Kier molecular flexibility index (Phi) is 5.24. The molecule has 24 heavy (non-hydrogen) atoms. The van der Waals surface area contributed by atoms with Crippen LogP contribution in [0.5, 0.6) is 5.75 Å². The van der Waals surface area contributed by atoms with Crippen molar-refractivity contribution in [3.05, 3.63) is 55.6 Å². The summed E-state index contributed by atoms with van der Waals surface area (Å²) in [5.74, 6) is -1.42. The molecular formula is C14H14ClFN4O4. The highest BCUT2D eigenvalue weighted by Gasteiger charge is 2.17. The fraction of sp³-hybridized carbons (Fsp3) is 0.214. The first kappa shape index (κ1) is 17.5. The zero-order valence-electron chi connectivity index (χ0n) is 12.5. The number of hydrogen-bond donors (Lipinski definition) is 4. The molecule has 0 radical (unpaired) electrons. The lowest BCUT2D eigenvalue weighted by Gasteiger charge is -2.15. The first-order chi connectivity index (χ1) is 11.3. The van der Waals surface area contributed by atoms with Gasteiger partial charge in [0.05, 0.1) is 6.04 Å². The van der Waals surface area contributed by atoms with Gasteiger partial charge >= 0.3 is 5.69 Å². The summed E-state index contributed by atoms with van der Waals surface area (Å²) in [7, 11) is 0. The maximum Gasteiger partial charge on any atom is 0.326 e. The summed E-state index contributed by atoms with van der Waals surface area (Å²) in [6.45, 7) is 1.53. The molecule has 0 aliphatic carbocycles. The Morgan fingerprint density at radius 3 is 2.79 bits per heavy atom. The summed E-state index contributed by atoms with van der Waals surface area (Å²) in [6.07, 6.45) is 0. The van der Waals surface area contributed by atoms with E-state index in [1.54, 1.807) is 6.92 Å². The number of hydrogen-bond acceptors (Lipinski definition) is 5. The number of aromatic nitrogens is 2. The second-order valence-electron chi connectivity index (χ2n) is 4.96. The highest BCUT2D eigenvalue weighted by atomic mass is 35.5. The second-order valence-corrected chi connectivity index (χ2v) is 5.39. The molecule has 2 aromatic rings. The van der Waals surface area contributed by atoms with Gasteiger partial charge in [-0.3, -0.25) is 14.6 Å². The molecule has 0 bridgehead atoms. The van der Waals surface area contributed by atoms with E-state index in [1.807, 2.05) is 4.98 Å². The van der Waals surface area contributed by atoms with Crippen LogP contribution in [0.1, 0.15) is 17.4 Å². The van der Waals surface area contributed by atoms with E-state index < -0.39 is 34.7 Å². The van der Waals surface area contributed by atoms with Crippen LogP contribution in [-0.4, -0.2) is 28.5 Å². The van der Waals surface area contributed by atoms with Gasteiger partial charge in [0.2, 0.25) is 0 Å². The number of rotatable bonds is 5. The number of nitrogen functional groups attached to an aromatic ring is 1. The van der Waals surface area contributed by atoms with Crippen molar-refractivity contribution in [1.82, 2.24) is 15.3 Å². The number of benzene rings is 1. The predicted octanol–water partition coefficient (Wildman–Crippen LogP) is 0.635. The normalized spacial score (nSPS) is 11.8. The fourth-order valence-corrected chi connectivity index (χ4v) is 1.98. The Morgan fingerprint density at radius 2 is 2.12 bits per heavy atom. The highest BCUT2D eigenvalue weighted by molar-refractivity contribution is 6.30. The third kappa shape index (κ3) is 4.13. The fourth-order valence-electron chi connectivity index (χ4n) is 1.82. The minimum Gasteiger partial charge on any atom is -0.488 e. The lowest BCUT2D eigenvalue weighted by molar-refractivity contribution is 0.0921. The number of aromatic amines is 2. The molecule has 0 unspecified atom stereocenters. The Morgan fingerprint density at radius 1 is 1.42 bits per heavy atom. The van der Waals surface area contributed by atoms with Gasteiger partial charge in [-0.1, -0.05) is 11.6 Å². The van der Waals surface area contributed by atoms with Crippen LogP contribution < -0.4 is 27.0 Å². The Labute approximate surface area is 139 Å². The molecule has 1 aromatic carbocycles. The first-order valence-corrected chi connectivity index (χ1v) is 7.16. The lowest BCUT2D eigenvalue weighted by atomic mass is 10.3. The number of nitrogens with one attached hydrogen (secondary N) is 3. The van der Waals surface area contributed by atoms with Crippen LogP contribution in [0.15, 0.2) is 27.8 Å². The SMILES string of the molecule is C[C@H](COc1ccc(Cl)cc1F)NC(=O)c1[nH]c(=O)[nH]c(=O)c1N. The second kappa shape index (κ2) is 7.18. The molecule has 128 valence electrons. The molecule has 0 spiro atoms. The van der Waals surface area contributed by atoms with Crippen molar-refractivity contribution in [3.63, 3.8) is 0 Å². The molecule has 0 aliphatic heterocycles. The molecule has 0 saturated carbocycles. The molecule has 1 heterocycles. The van der Waals surface area contributed by atoms with E-state index in [-0.39, 0.29) is 23.1 Å². The van der Waals surface area contributed by atoms with E-state index in [4.69, 9.17) is 22.1 Å². The molecule has 0 saturated heterocycles. The van der Waals surface area contributed by atoms with Gasteiger partial charge in [-0.25, -0.2) is 9.18 Å². The number of carbonyl (C=O) groups is 1. The highest BCUT2D eigenvalue weighted by Crippen LogP contribution is 2.21. The molecule has 2 rings (SSSR count). The summed E-state index contributed by atoms with van der Waals surface area (Å²) in [5.41, 5.74) is 2.97. The van der Waals surface area contributed by atoms with Crippen molar-refractivity contribution in [2.45, 2.75) is 13.0 Å². The molecule has 0 fully saturated rings. The van der Waals surface area contributed by atoms with Gasteiger partial charge in [-0.2, -0.15) is 0 Å². The quantitative estimate of drug-likeness (QED) is 0.624. The topological polar surface area (TPSA) is 130 Å². The molecule has 1 aromatic heterocycles. The van der Waals surface area contributed by atoms with Crippen molar-refractivity contribution < 1.29 is 13.9 Å². The van der Waals surface area contributed by atoms with E-state index in [0.717, 1.165) is 6.07 Å². The van der Waals surface area contributed by atoms with Crippen LogP contribution in [0.2, 0.25) is 5.02 Å². The summed E-state index contributed by atoms with van der Waals surface area (Å²) in [6, 6.07) is 3.36. The molecule has 0 aliphatic rings. The Balaban J connectivity index is 2.02. The zero-order valence-corrected chi connectivity index (χ0v) is 13.2. The zero-order chi connectivity index (χ0) is 17.9. The summed E-state index contributed by atoms with van der Waals surface area (Å²) in [5, 5.41) is 2.71. The van der Waals surface area contributed by atoms with Gasteiger partial charge < -0.3 is 20.8 Å². The minimum absolute atomic E-state index is 0.0235. The van der Waals surface area contributed by atoms with Crippen LogP contribution in [0.3, 0.4) is 0 Å². The Bertz CT molecular complexity index is 880. The number of anilines is 1. The van der Waals surface area contributed by atoms with Crippen molar-refractivity contribution in [3.8, 4) is 5.75 Å². The Hall–Kier alpha value is -2.81. The largest absolute Gasteiger partial charge is 0.488 e. The summed E-state index contributed by atoms with van der Waals surface area (Å²) >= 11 is 5.64.